The van der Waals surface area contributed by atoms with Gasteiger partial charge in [0.05, 0.1) is 26.2 Å². The summed E-state index contributed by atoms with van der Waals surface area (Å²) in [7, 11) is 2.90. The van der Waals surface area contributed by atoms with Crippen LogP contribution in [0.4, 0.5) is 0 Å². The van der Waals surface area contributed by atoms with Gasteiger partial charge in [0.2, 0.25) is 0 Å². The van der Waals surface area contributed by atoms with Crippen LogP contribution in [0.3, 0.4) is 0 Å². The Morgan fingerprint density at radius 3 is 2.43 bits per heavy atom. The largest absolute Gasteiger partial charge is 0.507 e. The number of methoxy groups -OCH3 is 2. The van der Waals surface area contributed by atoms with Crippen LogP contribution >= 0.6 is 0 Å². The van der Waals surface area contributed by atoms with Crippen molar-refractivity contribution < 1.29 is 29.2 Å². The number of carbonyl (C=O) groups excluding carboxylic acids is 1. The van der Waals surface area contributed by atoms with Crippen molar-refractivity contribution in [3.05, 3.63) is 23.8 Å². The third kappa shape index (κ3) is 2.52. The zero-order chi connectivity index (χ0) is 15.6. The normalized spacial score (nSPS) is 10.4. The van der Waals surface area contributed by atoms with Gasteiger partial charge in [-0.15, -0.1) is 0 Å². The van der Waals surface area contributed by atoms with Crippen LogP contribution in [0.15, 0.2) is 18.2 Å². The minimum Gasteiger partial charge on any atom is -0.507 e. The minimum absolute atomic E-state index is 0.114. The van der Waals surface area contributed by atoms with Crippen molar-refractivity contribution >= 4 is 16.7 Å². The highest BCUT2D eigenvalue weighted by atomic mass is 16.5. The molecule has 21 heavy (non-hydrogen) atoms. The molecule has 0 atom stereocenters. The molecule has 0 radical (unpaired) electrons. The Bertz CT molecular complexity index is 692. The van der Waals surface area contributed by atoms with Crippen molar-refractivity contribution in [1.29, 1.82) is 0 Å². The van der Waals surface area contributed by atoms with E-state index in [1.165, 1.54) is 20.3 Å². The molecule has 0 aliphatic rings. The van der Waals surface area contributed by atoms with Crippen molar-refractivity contribution in [3.63, 3.8) is 0 Å². The summed E-state index contributed by atoms with van der Waals surface area (Å²) in [5, 5.41) is 21.0. The summed E-state index contributed by atoms with van der Waals surface area (Å²) in [6, 6.07) is 4.24. The average molecular weight is 292 g/mol. The number of fused-ring (bicyclic) bond motifs is 1. The second kappa shape index (κ2) is 5.78. The van der Waals surface area contributed by atoms with Crippen molar-refractivity contribution in [2.75, 3.05) is 20.8 Å². The van der Waals surface area contributed by atoms with Crippen LogP contribution in [-0.2, 0) is 4.74 Å². The second-order valence-electron chi connectivity index (χ2n) is 4.26. The van der Waals surface area contributed by atoms with E-state index in [-0.39, 0.29) is 29.1 Å². The first-order valence-electron chi connectivity index (χ1n) is 6.31. The van der Waals surface area contributed by atoms with Gasteiger partial charge in [-0.2, -0.15) is 0 Å². The number of rotatable bonds is 4. The maximum Gasteiger partial charge on any atom is 0.342 e. The molecule has 6 nitrogen and oxygen atoms in total. The van der Waals surface area contributed by atoms with Crippen LogP contribution in [0.2, 0.25) is 0 Å². The van der Waals surface area contributed by atoms with Gasteiger partial charge in [-0.05, 0) is 19.1 Å². The SMILES string of the molecule is CCOC(=O)c1cc(O)c2c(OC)cc(OC)cc2c1O. The van der Waals surface area contributed by atoms with Gasteiger partial charge >= 0.3 is 5.97 Å². The van der Waals surface area contributed by atoms with Crippen LogP contribution in [0.5, 0.6) is 23.0 Å². The van der Waals surface area contributed by atoms with Gasteiger partial charge in [0.25, 0.3) is 0 Å². The van der Waals surface area contributed by atoms with Gasteiger partial charge in [0.15, 0.2) is 0 Å². The number of esters is 1. The first-order chi connectivity index (χ1) is 10.0. The molecule has 0 amide bonds. The first-order valence-corrected chi connectivity index (χ1v) is 6.31. The molecule has 2 rings (SSSR count). The van der Waals surface area contributed by atoms with Crippen molar-refractivity contribution in [3.8, 4) is 23.0 Å². The quantitative estimate of drug-likeness (QED) is 0.665. The summed E-state index contributed by atoms with van der Waals surface area (Å²) in [5.41, 5.74) is -0.114. The summed E-state index contributed by atoms with van der Waals surface area (Å²) < 4.78 is 15.2. The van der Waals surface area contributed by atoms with E-state index in [4.69, 9.17) is 14.2 Å². The summed E-state index contributed by atoms with van der Waals surface area (Å²) in [6.45, 7) is 1.82. The Balaban J connectivity index is 2.79. The Hall–Kier alpha value is -2.63. The number of hydrogen-bond acceptors (Lipinski definition) is 6. The molecule has 0 aromatic heterocycles. The number of aromatic hydroxyl groups is 2. The average Bonchev–Trinajstić information content (AvgIpc) is 2.49. The maximum atomic E-state index is 11.8. The molecule has 0 spiro atoms. The van der Waals surface area contributed by atoms with E-state index >= 15 is 0 Å². The highest BCUT2D eigenvalue weighted by Gasteiger charge is 2.21. The zero-order valence-corrected chi connectivity index (χ0v) is 12.0. The fourth-order valence-corrected chi connectivity index (χ4v) is 2.11. The lowest BCUT2D eigenvalue weighted by Crippen LogP contribution is -2.05. The lowest BCUT2D eigenvalue weighted by molar-refractivity contribution is 0.0523. The Kier molecular flexibility index (Phi) is 4.07. The topological polar surface area (TPSA) is 85.2 Å². The molecule has 0 unspecified atom stereocenters. The molecule has 0 saturated carbocycles. The van der Waals surface area contributed by atoms with Crippen LogP contribution < -0.4 is 9.47 Å². The van der Waals surface area contributed by atoms with Gasteiger partial charge in [0.1, 0.15) is 28.6 Å². The third-order valence-corrected chi connectivity index (χ3v) is 3.07. The van der Waals surface area contributed by atoms with Gasteiger partial charge < -0.3 is 24.4 Å². The van der Waals surface area contributed by atoms with Gasteiger partial charge in [-0.3, -0.25) is 0 Å². The van der Waals surface area contributed by atoms with E-state index in [0.717, 1.165) is 6.07 Å². The second-order valence-corrected chi connectivity index (χ2v) is 4.26. The van der Waals surface area contributed by atoms with Crippen molar-refractivity contribution in [2.24, 2.45) is 0 Å². The van der Waals surface area contributed by atoms with E-state index < -0.39 is 5.97 Å². The number of ether oxygens (including phenoxy) is 3. The van der Waals surface area contributed by atoms with E-state index in [1.54, 1.807) is 13.0 Å². The fraction of sp³-hybridized carbons (Fsp3) is 0.267. The number of benzene rings is 2. The number of phenolic OH excluding ortho intramolecular Hbond substituents is 2. The van der Waals surface area contributed by atoms with E-state index in [1.807, 2.05) is 0 Å². The van der Waals surface area contributed by atoms with E-state index in [2.05, 4.69) is 0 Å². The molecular weight excluding hydrogens is 276 g/mol. The standard InChI is InChI=1S/C15H16O6/c1-4-21-15(18)10-7-11(16)13-9(14(10)17)5-8(19-2)6-12(13)20-3/h5-7,16-17H,4H2,1-3H3. The number of hydrogen-bond donors (Lipinski definition) is 2. The van der Waals surface area contributed by atoms with Crippen molar-refractivity contribution in [2.45, 2.75) is 6.92 Å². The summed E-state index contributed by atoms with van der Waals surface area (Å²) in [5.74, 6) is -0.444. The minimum atomic E-state index is -0.714. The number of phenols is 2. The zero-order valence-electron chi connectivity index (χ0n) is 12.0. The summed E-state index contributed by atoms with van der Waals surface area (Å²) >= 11 is 0. The maximum absolute atomic E-state index is 11.8. The molecule has 2 aromatic rings. The monoisotopic (exact) mass is 292 g/mol. The fourth-order valence-electron chi connectivity index (χ4n) is 2.11. The van der Waals surface area contributed by atoms with Crippen LogP contribution in [0, 0.1) is 0 Å². The first kappa shape index (κ1) is 14.8. The molecule has 0 aliphatic carbocycles. The highest BCUT2D eigenvalue weighted by Crippen LogP contribution is 2.43. The van der Waals surface area contributed by atoms with E-state index in [9.17, 15) is 15.0 Å². The highest BCUT2D eigenvalue weighted by molar-refractivity contribution is 6.06. The number of carbonyl (C=O) groups is 1. The predicted molar refractivity (Wildman–Crippen MR) is 76.3 cm³/mol. The van der Waals surface area contributed by atoms with Crippen LogP contribution in [0.1, 0.15) is 17.3 Å². The molecule has 2 aromatic carbocycles. The molecule has 0 heterocycles. The summed E-state index contributed by atoms with van der Waals surface area (Å²) in [6.07, 6.45) is 0. The molecule has 0 saturated heterocycles. The van der Waals surface area contributed by atoms with Crippen LogP contribution in [-0.4, -0.2) is 37.0 Å². The van der Waals surface area contributed by atoms with Gasteiger partial charge in [-0.1, -0.05) is 0 Å². The molecule has 112 valence electrons. The van der Waals surface area contributed by atoms with E-state index in [0.29, 0.717) is 16.9 Å². The predicted octanol–water partition coefficient (Wildman–Crippen LogP) is 2.44. The smallest absolute Gasteiger partial charge is 0.342 e. The molecule has 0 fully saturated rings. The molecule has 2 N–H and O–H groups in total. The molecule has 0 aliphatic heterocycles. The Labute approximate surface area is 121 Å². The molecular formula is C15H16O6. The Morgan fingerprint density at radius 2 is 1.86 bits per heavy atom. The molecule has 0 bridgehead atoms. The summed E-state index contributed by atoms with van der Waals surface area (Å²) in [4.78, 5) is 11.8. The third-order valence-electron chi connectivity index (χ3n) is 3.07. The van der Waals surface area contributed by atoms with Gasteiger partial charge in [0, 0.05) is 11.5 Å². The van der Waals surface area contributed by atoms with Gasteiger partial charge in [-0.25, -0.2) is 4.79 Å². The lowest BCUT2D eigenvalue weighted by Gasteiger charge is -2.13. The lowest BCUT2D eigenvalue weighted by atomic mass is 10.0. The van der Waals surface area contributed by atoms with Crippen LogP contribution in [0.25, 0.3) is 10.8 Å². The Morgan fingerprint density at radius 1 is 1.14 bits per heavy atom. The molecule has 6 heteroatoms. The van der Waals surface area contributed by atoms with Crippen molar-refractivity contribution in [1.82, 2.24) is 0 Å².